The summed E-state index contributed by atoms with van der Waals surface area (Å²) in [6.07, 6.45) is 0. The lowest BCUT2D eigenvalue weighted by atomic mass is 10.1. The summed E-state index contributed by atoms with van der Waals surface area (Å²) in [7, 11) is 0. The molecule has 0 bridgehead atoms. The second-order valence-electron chi connectivity index (χ2n) is 6.48. The molecule has 1 aromatic heterocycles. The monoisotopic (exact) mass is 299 g/mol. The SMILES string of the molecule is Cc1cc(C)cc(CN2CCN(Cc3cc(C)no3)CC2)c1. The maximum Gasteiger partial charge on any atom is 0.150 e. The van der Waals surface area contributed by atoms with E-state index in [-0.39, 0.29) is 0 Å². The molecule has 1 aliphatic rings. The molecule has 1 fully saturated rings. The average molecular weight is 299 g/mol. The van der Waals surface area contributed by atoms with Crippen molar-refractivity contribution in [1.29, 1.82) is 0 Å². The highest BCUT2D eigenvalue weighted by Gasteiger charge is 2.18. The van der Waals surface area contributed by atoms with Gasteiger partial charge < -0.3 is 4.52 Å². The molecule has 1 aliphatic heterocycles. The number of rotatable bonds is 4. The topological polar surface area (TPSA) is 32.5 Å². The molecular weight excluding hydrogens is 274 g/mol. The molecule has 118 valence electrons. The third-order valence-electron chi connectivity index (χ3n) is 4.21. The van der Waals surface area contributed by atoms with Crippen LogP contribution in [0.4, 0.5) is 0 Å². The predicted octanol–water partition coefficient (Wildman–Crippen LogP) is 2.92. The molecule has 3 rings (SSSR count). The van der Waals surface area contributed by atoms with Crippen molar-refractivity contribution < 1.29 is 4.52 Å². The molecule has 4 heteroatoms. The first-order chi connectivity index (χ1) is 10.6. The van der Waals surface area contributed by atoms with Crippen molar-refractivity contribution in [3.8, 4) is 0 Å². The third kappa shape index (κ3) is 3.96. The normalized spacial score (nSPS) is 17.0. The van der Waals surface area contributed by atoms with Crippen LogP contribution in [0, 0.1) is 20.8 Å². The number of aromatic nitrogens is 1. The van der Waals surface area contributed by atoms with Crippen molar-refractivity contribution in [1.82, 2.24) is 15.0 Å². The van der Waals surface area contributed by atoms with Gasteiger partial charge in [-0.15, -0.1) is 0 Å². The van der Waals surface area contributed by atoms with Crippen LogP contribution in [0.1, 0.15) is 28.1 Å². The van der Waals surface area contributed by atoms with Crippen molar-refractivity contribution in [2.45, 2.75) is 33.9 Å². The number of hydrogen-bond acceptors (Lipinski definition) is 4. The van der Waals surface area contributed by atoms with Gasteiger partial charge in [-0.25, -0.2) is 0 Å². The van der Waals surface area contributed by atoms with Crippen molar-refractivity contribution in [3.05, 3.63) is 52.4 Å². The lowest BCUT2D eigenvalue weighted by molar-refractivity contribution is 0.113. The van der Waals surface area contributed by atoms with Gasteiger partial charge in [0.25, 0.3) is 0 Å². The van der Waals surface area contributed by atoms with Gasteiger partial charge in [0.2, 0.25) is 0 Å². The first kappa shape index (κ1) is 15.3. The Balaban J connectivity index is 1.51. The van der Waals surface area contributed by atoms with Gasteiger partial charge in [-0.05, 0) is 26.3 Å². The van der Waals surface area contributed by atoms with Crippen molar-refractivity contribution in [3.63, 3.8) is 0 Å². The van der Waals surface area contributed by atoms with Crippen molar-refractivity contribution >= 4 is 0 Å². The summed E-state index contributed by atoms with van der Waals surface area (Å²) in [5, 5.41) is 3.96. The fraction of sp³-hybridized carbons (Fsp3) is 0.500. The summed E-state index contributed by atoms with van der Waals surface area (Å²) >= 11 is 0. The molecule has 0 radical (unpaired) electrons. The summed E-state index contributed by atoms with van der Waals surface area (Å²) in [5.41, 5.74) is 5.10. The molecule has 0 N–H and O–H groups in total. The van der Waals surface area contributed by atoms with E-state index in [1.807, 2.05) is 13.0 Å². The van der Waals surface area contributed by atoms with E-state index in [9.17, 15) is 0 Å². The zero-order valence-electron chi connectivity index (χ0n) is 13.8. The quantitative estimate of drug-likeness (QED) is 0.869. The lowest BCUT2D eigenvalue weighted by Gasteiger charge is -2.34. The molecular formula is C18H25N3O. The van der Waals surface area contributed by atoms with E-state index in [2.05, 4.69) is 47.0 Å². The molecule has 0 spiro atoms. The Kier molecular flexibility index (Phi) is 4.60. The van der Waals surface area contributed by atoms with Gasteiger partial charge in [0.1, 0.15) is 0 Å². The molecule has 0 atom stereocenters. The van der Waals surface area contributed by atoms with Crippen LogP contribution in [-0.2, 0) is 13.1 Å². The fourth-order valence-corrected chi connectivity index (χ4v) is 3.24. The van der Waals surface area contributed by atoms with E-state index in [0.717, 1.165) is 50.7 Å². The maximum absolute atomic E-state index is 5.31. The molecule has 22 heavy (non-hydrogen) atoms. The highest BCUT2D eigenvalue weighted by Crippen LogP contribution is 2.14. The number of nitrogens with zero attached hydrogens (tertiary/aromatic N) is 3. The Bertz CT molecular complexity index is 607. The van der Waals surface area contributed by atoms with E-state index >= 15 is 0 Å². The van der Waals surface area contributed by atoms with Crippen LogP contribution >= 0.6 is 0 Å². The second-order valence-corrected chi connectivity index (χ2v) is 6.48. The number of benzene rings is 1. The van der Waals surface area contributed by atoms with Gasteiger partial charge in [-0.3, -0.25) is 9.80 Å². The number of piperazine rings is 1. The van der Waals surface area contributed by atoms with Gasteiger partial charge >= 0.3 is 0 Å². The van der Waals surface area contributed by atoms with Crippen molar-refractivity contribution in [2.24, 2.45) is 0 Å². The van der Waals surface area contributed by atoms with Crippen LogP contribution in [0.25, 0.3) is 0 Å². The number of hydrogen-bond donors (Lipinski definition) is 0. The van der Waals surface area contributed by atoms with E-state index in [4.69, 9.17) is 4.52 Å². The number of aryl methyl sites for hydroxylation is 3. The van der Waals surface area contributed by atoms with E-state index in [0.29, 0.717) is 0 Å². The Labute approximate surface area is 132 Å². The third-order valence-corrected chi connectivity index (χ3v) is 4.21. The summed E-state index contributed by atoms with van der Waals surface area (Å²) in [5.74, 6) is 0.972. The zero-order valence-corrected chi connectivity index (χ0v) is 13.8. The molecule has 2 heterocycles. The summed E-state index contributed by atoms with van der Waals surface area (Å²) in [6.45, 7) is 12.6. The fourth-order valence-electron chi connectivity index (χ4n) is 3.24. The molecule has 1 aromatic carbocycles. The van der Waals surface area contributed by atoms with Gasteiger partial charge in [0.05, 0.1) is 12.2 Å². The molecule has 1 saturated heterocycles. The molecule has 0 amide bonds. The first-order valence-corrected chi connectivity index (χ1v) is 8.02. The van der Waals surface area contributed by atoms with E-state index < -0.39 is 0 Å². The van der Waals surface area contributed by atoms with E-state index in [1.54, 1.807) is 0 Å². The van der Waals surface area contributed by atoms with E-state index in [1.165, 1.54) is 16.7 Å². The largest absolute Gasteiger partial charge is 0.360 e. The Morgan fingerprint density at radius 1 is 0.864 bits per heavy atom. The van der Waals surface area contributed by atoms with Crippen LogP contribution in [0.5, 0.6) is 0 Å². The van der Waals surface area contributed by atoms with Crippen LogP contribution in [-0.4, -0.2) is 41.1 Å². The Morgan fingerprint density at radius 3 is 2.00 bits per heavy atom. The first-order valence-electron chi connectivity index (χ1n) is 8.02. The minimum absolute atomic E-state index is 0.873. The standard InChI is InChI=1S/C18H25N3O/c1-14-8-15(2)10-17(9-14)12-20-4-6-21(7-5-20)13-18-11-16(3)19-22-18/h8-11H,4-7,12-13H2,1-3H3. The average Bonchev–Trinajstić information content (AvgIpc) is 2.85. The zero-order chi connectivity index (χ0) is 15.5. The van der Waals surface area contributed by atoms with Crippen LogP contribution in [0.2, 0.25) is 0 Å². The summed E-state index contributed by atoms with van der Waals surface area (Å²) in [6, 6.07) is 8.87. The van der Waals surface area contributed by atoms with Gasteiger partial charge in [-0.1, -0.05) is 34.5 Å². The maximum atomic E-state index is 5.31. The minimum atomic E-state index is 0.873. The second kappa shape index (κ2) is 6.63. The highest BCUT2D eigenvalue weighted by molar-refractivity contribution is 5.28. The van der Waals surface area contributed by atoms with Gasteiger partial charge in [-0.2, -0.15) is 0 Å². The molecule has 0 unspecified atom stereocenters. The Hall–Kier alpha value is -1.65. The summed E-state index contributed by atoms with van der Waals surface area (Å²) < 4.78 is 5.31. The minimum Gasteiger partial charge on any atom is -0.360 e. The Morgan fingerprint density at radius 2 is 1.45 bits per heavy atom. The van der Waals surface area contributed by atoms with Gasteiger partial charge in [0.15, 0.2) is 5.76 Å². The molecule has 2 aromatic rings. The smallest absolute Gasteiger partial charge is 0.150 e. The molecule has 0 saturated carbocycles. The van der Waals surface area contributed by atoms with Crippen LogP contribution in [0.15, 0.2) is 28.8 Å². The molecule has 4 nitrogen and oxygen atoms in total. The predicted molar refractivity (Wildman–Crippen MR) is 87.7 cm³/mol. The van der Waals surface area contributed by atoms with Crippen LogP contribution in [0.3, 0.4) is 0 Å². The highest BCUT2D eigenvalue weighted by atomic mass is 16.5. The van der Waals surface area contributed by atoms with Gasteiger partial charge in [0, 0.05) is 38.8 Å². The molecule has 0 aliphatic carbocycles. The summed E-state index contributed by atoms with van der Waals surface area (Å²) in [4.78, 5) is 4.98. The van der Waals surface area contributed by atoms with Crippen molar-refractivity contribution in [2.75, 3.05) is 26.2 Å². The van der Waals surface area contributed by atoms with Crippen LogP contribution < -0.4 is 0 Å². The lowest BCUT2D eigenvalue weighted by Crippen LogP contribution is -2.45.